The van der Waals surface area contributed by atoms with Gasteiger partial charge in [-0.3, -0.25) is 4.68 Å². The van der Waals surface area contributed by atoms with Crippen molar-refractivity contribution in [3.8, 4) is 11.5 Å². The number of hydrogen-bond donors (Lipinski definition) is 2. The average molecular weight is 261 g/mol. The van der Waals surface area contributed by atoms with Crippen LogP contribution in [-0.4, -0.2) is 22.0 Å². The van der Waals surface area contributed by atoms with E-state index in [1.165, 1.54) is 7.11 Å². The summed E-state index contributed by atoms with van der Waals surface area (Å²) in [5.41, 5.74) is 2.98. The maximum Gasteiger partial charge on any atom is 0.160 e. The first-order chi connectivity index (χ1) is 9.01. The average Bonchev–Trinajstić information content (AvgIpc) is 2.69. The van der Waals surface area contributed by atoms with Crippen molar-refractivity contribution in [1.82, 2.24) is 9.78 Å². The molecule has 2 N–H and O–H groups in total. The van der Waals surface area contributed by atoms with Gasteiger partial charge in [0, 0.05) is 30.6 Å². The van der Waals surface area contributed by atoms with Crippen molar-refractivity contribution >= 4 is 5.69 Å². The second-order valence-electron chi connectivity index (χ2n) is 4.60. The molecule has 0 bridgehead atoms. The zero-order chi connectivity index (χ0) is 14.0. The van der Waals surface area contributed by atoms with Crippen LogP contribution in [0.1, 0.15) is 24.2 Å². The topological polar surface area (TPSA) is 59.3 Å². The molecule has 0 spiro atoms. The molecule has 0 saturated heterocycles. The Hall–Kier alpha value is -2.17. The predicted octanol–water partition coefficient (Wildman–Crippen LogP) is 2.62. The number of nitrogens with one attached hydrogen (secondary N) is 1. The van der Waals surface area contributed by atoms with Crippen molar-refractivity contribution in [3.63, 3.8) is 0 Å². The Morgan fingerprint density at radius 3 is 2.68 bits per heavy atom. The standard InChI is InChI=1S/C14H19N3O2/c1-9(12-8-17(3)16-10(12)2)15-11-5-6-14(19-4)13(18)7-11/h5-9,15,18H,1-4H3. The van der Waals surface area contributed by atoms with E-state index >= 15 is 0 Å². The van der Waals surface area contributed by atoms with Gasteiger partial charge in [0.25, 0.3) is 0 Å². The highest BCUT2D eigenvalue weighted by Crippen LogP contribution is 2.30. The van der Waals surface area contributed by atoms with E-state index in [1.807, 2.05) is 26.2 Å². The highest BCUT2D eigenvalue weighted by molar-refractivity contribution is 5.55. The zero-order valence-electron chi connectivity index (χ0n) is 11.6. The lowest BCUT2D eigenvalue weighted by Crippen LogP contribution is -2.07. The van der Waals surface area contributed by atoms with Gasteiger partial charge in [-0.15, -0.1) is 0 Å². The van der Waals surface area contributed by atoms with Crippen LogP contribution in [0, 0.1) is 6.92 Å². The van der Waals surface area contributed by atoms with Gasteiger partial charge in [-0.1, -0.05) is 0 Å². The second-order valence-corrected chi connectivity index (χ2v) is 4.60. The molecule has 0 aliphatic heterocycles. The minimum absolute atomic E-state index is 0.112. The zero-order valence-corrected chi connectivity index (χ0v) is 11.6. The lowest BCUT2D eigenvalue weighted by atomic mass is 10.1. The van der Waals surface area contributed by atoms with E-state index in [4.69, 9.17) is 4.74 Å². The fraction of sp³-hybridized carbons (Fsp3) is 0.357. The summed E-state index contributed by atoms with van der Waals surface area (Å²) in [7, 11) is 3.44. The number of aromatic nitrogens is 2. The minimum Gasteiger partial charge on any atom is -0.504 e. The molecule has 0 amide bonds. The van der Waals surface area contributed by atoms with Crippen molar-refractivity contribution in [3.05, 3.63) is 35.7 Å². The first-order valence-corrected chi connectivity index (χ1v) is 6.15. The summed E-state index contributed by atoms with van der Waals surface area (Å²) >= 11 is 0. The van der Waals surface area contributed by atoms with Crippen LogP contribution in [0.2, 0.25) is 0 Å². The van der Waals surface area contributed by atoms with Gasteiger partial charge < -0.3 is 15.2 Å². The normalized spacial score (nSPS) is 12.2. The smallest absolute Gasteiger partial charge is 0.160 e. The number of nitrogens with zero attached hydrogens (tertiary/aromatic N) is 2. The highest BCUT2D eigenvalue weighted by atomic mass is 16.5. The van der Waals surface area contributed by atoms with Crippen LogP contribution in [0.15, 0.2) is 24.4 Å². The van der Waals surface area contributed by atoms with Crippen molar-refractivity contribution in [2.45, 2.75) is 19.9 Å². The number of anilines is 1. The van der Waals surface area contributed by atoms with Crippen molar-refractivity contribution < 1.29 is 9.84 Å². The van der Waals surface area contributed by atoms with Crippen LogP contribution < -0.4 is 10.1 Å². The number of phenolic OH excluding ortho intramolecular Hbond substituents is 1. The maximum atomic E-state index is 9.75. The van der Waals surface area contributed by atoms with E-state index in [0.29, 0.717) is 5.75 Å². The molecule has 0 saturated carbocycles. The molecule has 102 valence electrons. The van der Waals surface area contributed by atoms with Crippen molar-refractivity contribution in [2.24, 2.45) is 7.05 Å². The fourth-order valence-electron chi connectivity index (χ4n) is 2.15. The molecule has 0 radical (unpaired) electrons. The quantitative estimate of drug-likeness (QED) is 0.888. The molecule has 2 aromatic rings. The first kappa shape index (κ1) is 13.3. The van der Waals surface area contributed by atoms with Crippen LogP contribution in [0.5, 0.6) is 11.5 Å². The summed E-state index contributed by atoms with van der Waals surface area (Å²) in [6.45, 7) is 4.05. The Labute approximate surface area is 112 Å². The Morgan fingerprint density at radius 2 is 2.16 bits per heavy atom. The Kier molecular flexibility index (Phi) is 3.64. The number of ether oxygens (including phenoxy) is 1. The molecule has 1 atom stereocenters. The number of aromatic hydroxyl groups is 1. The van der Waals surface area contributed by atoms with Crippen LogP contribution in [-0.2, 0) is 7.05 Å². The predicted molar refractivity (Wildman–Crippen MR) is 74.6 cm³/mol. The third-order valence-corrected chi connectivity index (χ3v) is 3.08. The molecule has 5 heteroatoms. The minimum atomic E-state index is 0.112. The van der Waals surface area contributed by atoms with Gasteiger partial charge in [0.1, 0.15) is 0 Å². The lowest BCUT2D eigenvalue weighted by molar-refractivity contribution is 0.373. The number of benzene rings is 1. The maximum absolute atomic E-state index is 9.75. The lowest BCUT2D eigenvalue weighted by Gasteiger charge is -2.15. The van der Waals surface area contributed by atoms with Gasteiger partial charge in [-0.25, -0.2) is 0 Å². The summed E-state index contributed by atoms with van der Waals surface area (Å²) in [5.74, 6) is 0.596. The molecular formula is C14H19N3O2. The van der Waals surface area contributed by atoms with E-state index in [9.17, 15) is 5.11 Å². The third kappa shape index (κ3) is 2.81. The van der Waals surface area contributed by atoms with Gasteiger partial charge in [-0.05, 0) is 26.0 Å². The molecule has 0 aliphatic rings. The van der Waals surface area contributed by atoms with E-state index in [-0.39, 0.29) is 11.8 Å². The van der Waals surface area contributed by atoms with Gasteiger partial charge in [0.05, 0.1) is 18.8 Å². The highest BCUT2D eigenvalue weighted by Gasteiger charge is 2.12. The molecule has 5 nitrogen and oxygen atoms in total. The van der Waals surface area contributed by atoms with Crippen LogP contribution in [0.4, 0.5) is 5.69 Å². The molecule has 1 aromatic heterocycles. The molecule has 0 aliphatic carbocycles. The molecule has 1 heterocycles. The summed E-state index contributed by atoms with van der Waals surface area (Å²) in [6, 6.07) is 5.38. The van der Waals surface area contributed by atoms with Crippen LogP contribution in [0.25, 0.3) is 0 Å². The second kappa shape index (κ2) is 5.22. The Balaban J connectivity index is 2.17. The number of phenols is 1. The summed E-state index contributed by atoms with van der Waals surface area (Å²) in [5, 5.41) is 17.4. The van der Waals surface area contributed by atoms with Crippen LogP contribution in [0.3, 0.4) is 0 Å². The molecule has 1 unspecified atom stereocenters. The summed E-state index contributed by atoms with van der Waals surface area (Å²) < 4.78 is 6.82. The monoisotopic (exact) mass is 261 g/mol. The number of methoxy groups -OCH3 is 1. The van der Waals surface area contributed by atoms with E-state index < -0.39 is 0 Å². The Bertz CT molecular complexity index is 578. The van der Waals surface area contributed by atoms with Gasteiger partial charge in [0.2, 0.25) is 0 Å². The van der Waals surface area contributed by atoms with E-state index in [1.54, 1.807) is 16.8 Å². The molecular weight excluding hydrogens is 242 g/mol. The SMILES string of the molecule is COc1ccc(NC(C)c2cn(C)nc2C)cc1O. The molecule has 1 aromatic carbocycles. The fourth-order valence-corrected chi connectivity index (χ4v) is 2.15. The van der Waals surface area contributed by atoms with Crippen LogP contribution >= 0.6 is 0 Å². The largest absolute Gasteiger partial charge is 0.504 e. The molecule has 19 heavy (non-hydrogen) atoms. The Morgan fingerprint density at radius 1 is 1.42 bits per heavy atom. The van der Waals surface area contributed by atoms with Gasteiger partial charge in [-0.2, -0.15) is 5.10 Å². The first-order valence-electron chi connectivity index (χ1n) is 6.15. The van der Waals surface area contributed by atoms with E-state index in [2.05, 4.69) is 17.3 Å². The van der Waals surface area contributed by atoms with Gasteiger partial charge >= 0.3 is 0 Å². The molecule has 0 fully saturated rings. The third-order valence-electron chi connectivity index (χ3n) is 3.08. The van der Waals surface area contributed by atoms with E-state index in [0.717, 1.165) is 16.9 Å². The van der Waals surface area contributed by atoms with Gasteiger partial charge in [0.15, 0.2) is 11.5 Å². The number of aryl methyl sites for hydroxylation is 2. The summed E-state index contributed by atoms with van der Waals surface area (Å²) in [6.07, 6.45) is 2.00. The number of rotatable bonds is 4. The van der Waals surface area contributed by atoms with Crippen molar-refractivity contribution in [2.75, 3.05) is 12.4 Å². The van der Waals surface area contributed by atoms with Crippen molar-refractivity contribution in [1.29, 1.82) is 0 Å². The summed E-state index contributed by atoms with van der Waals surface area (Å²) in [4.78, 5) is 0. The molecule has 2 rings (SSSR count). The number of hydrogen-bond acceptors (Lipinski definition) is 4.